The van der Waals surface area contributed by atoms with E-state index in [0.717, 1.165) is 28.5 Å². The first-order valence-corrected chi connectivity index (χ1v) is 9.36. The van der Waals surface area contributed by atoms with E-state index in [-0.39, 0.29) is 0 Å². The van der Waals surface area contributed by atoms with Gasteiger partial charge in [0, 0.05) is 24.0 Å². The van der Waals surface area contributed by atoms with E-state index in [1.54, 1.807) is 0 Å². The van der Waals surface area contributed by atoms with Crippen LogP contribution in [-0.4, -0.2) is 34.1 Å². The maximum absolute atomic E-state index is 4.57. The van der Waals surface area contributed by atoms with Gasteiger partial charge in [-0.25, -0.2) is 4.98 Å². The van der Waals surface area contributed by atoms with Crippen LogP contribution >= 0.6 is 27.7 Å². The normalized spacial score (nSPS) is 22.6. The van der Waals surface area contributed by atoms with Gasteiger partial charge in [0.25, 0.3) is 0 Å². The van der Waals surface area contributed by atoms with Crippen molar-refractivity contribution < 1.29 is 0 Å². The SMILES string of the molecule is CCCNc1ncc(Br)c(NC2CCCC(SC)C2)n1. The van der Waals surface area contributed by atoms with E-state index >= 15 is 0 Å². The molecule has 2 atom stereocenters. The summed E-state index contributed by atoms with van der Waals surface area (Å²) in [6.45, 7) is 3.04. The van der Waals surface area contributed by atoms with Crippen LogP contribution in [0.4, 0.5) is 11.8 Å². The largest absolute Gasteiger partial charge is 0.366 e. The Kier molecular flexibility index (Phi) is 6.42. The number of rotatable bonds is 6. The minimum absolute atomic E-state index is 0.520. The highest BCUT2D eigenvalue weighted by Gasteiger charge is 2.22. The highest BCUT2D eigenvalue weighted by molar-refractivity contribution is 9.10. The van der Waals surface area contributed by atoms with Crippen molar-refractivity contribution in [2.24, 2.45) is 0 Å². The van der Waals surface area contributed by atoms with E-state index in [1.165, 1.54) is 25.7 Å². The highest BCUT2D eigenvalue weighted by Crippen LogP contribution is 2.30. The average Bonchev–Trinajstić information content (AvgIpc) is 2.48. The number of hydrogen-bond acceptors (Lipinski definition) is 5. The summed E-state index contributed by atoms with van der Waals surface area (Å²) in [4.78, 5) is 8.86. The summed E-state index contributed by atoms with van der Waals surface area (Å²) >= 11 is 5.52. The Hall–Kier alpha value is -0.490. The molecule has 0 amide bonds. The molecule has 1 aromatic heterocycles. The molecule has 1 heterocycles. The molecule has 0 radical (unpaired) electrons. The van der Waals surface area contributed by atoms with Crippen molar-refractivity contribution in [3.05, 3.63) is 10.7 Å². The number of halogens is 1. The third-order valence-electron chi connectivity index (χ3n) is 3.58. The van der Waals surface area contributed by atoms with Crippen molar-refractivity contribution in [2.45, 2.75) is 50.3 Å². The van der Waals surface area contributed by atoms with Crippen molar-refractivity contribution in [3.63, 3.8) is 0 Å². The Morgan fingerprint density at radius 1 is 1.45 bits per heavy atom. The summed E-state index contributed by atoms with van der Waals surface area (Å²) in [7, 11) is 0. The standard InChI is InChI=1S/C14H23BrN4S/c1-3-7-16-14-17-9-12(15)13(19-14)18-10-5-4-6-11(8-10)20-2/h9-11H,3-8H2,1-2H3,(H2,16,17,18,19). The molecule has 1 aliphatic rings. The second kappa shape index (κ2) is 8.08. The Balaban J connectivity index is 2.00. The topological polar surface area (TPSA) is 49.8 Å². The van der Waals surface area contributed by atoms with Gasteiger partial charge in [-0.1, -0.05) is 13.3 Å². The molecule has 2 N–H and O–H groups in total. The molecular formula is C14H23BrN4S. The van der Waals surface area contributed by atoms with E-state index in [0.29, 0.717) is 12.0 Å². The first-order chi connectivity index (χ1) is 9.72. The minimum Gasteiger partial charge on any atom is -0.366 e. The van der Waals surface area contributed by atoms with Crippen LogP contribution in [0.25, 0.3) is 0 Å². The zero-order chi connectivity index (χ0) is 14.4. The molecule has 0 aliphatic heterocycles. The smallest absolute Gasteiger partial charge is 0.224 e. The highest BCUT2D eigenvalue weighted by atomic mass is 79.9. The van der Waals surface area contributed by atoms with Crippen LogP contribution in [-0.2, 0) is 0 Å². The zero-order valence-corrected chi connectivity index (χ0v) is 14.6. The van der Waals surface area contributed by atoms with Crippen LogP contribution in [0.15, 0.2) is 10.7 Å². The van der Waals surface area contributed by atoms with E-state index in [2.05, 4.69) is 49.7 Å². The fourth-order valence-electron chi connectivity index (χ4n) is 2.47. The van der Waals surface area contributed by atoms with Gasteiger partial charge in [0.05, 0.1) is 4.47 Å². The first-order valence-electron chi connectivity index (χ1n) is 7.28. The summed E-state index contributed by atoms with van der Waals surface area (Å²) in [5.74, 6) is 1.61. The van der Waals surface area contributed by atoms with Crippen LogP contribution in [0.3, 0.4) is 0 Å². The molecule has 0 bridgehead atoms. The van der Waals surface area contributed by atoms with Gasteiger partial charge in [-0.05, 0) is 47.9 Å². The van der Waals surface area contributed by atoms with Crippen LogP contribution in [0.2, 0.25) is 0 Å². The fraction of sp³-hybridized carbons (Fsp3) is 0.714. The van der Waals surface area contributed by atoms with Gasteiger partial charge in [-0.15, -0.1) is 0 Å². The summed E-state index contributed by atoms with van der Waals surface area (Å²) in [5.41, 5.74) is 0. The second-order valence-electron chi connectivity index (χ2n) is 5.18. The molecule has 1 aliphatic carbocycles. The summed E-state index contributed by atoms with van der Waals surface area (Å²) in [5, 5.41) is 7.59. The van der Waals surface area contributed by atoms with Crippen molar-refractivity contribution in [2.75, 3.05) is 23.4 Å². The summed E-state index contributed by atoms with van der Waals surface area (Å²) in [6.07, 6.45) is 10.2. The maximum Gasteiger partial charge on any atom is 0.224 e. The molecule has 2 rings (SSSR count). The molecule has 0 spiro atoms. The van der Waals surface area contributed by atoms with Crippen LogP contribution in [0.1, 0.15) is 39.0 Å². The predicted molar refractivity (Wildman–Crippen MR) is 91.7 cm³/mol. The van der Waals surface area contributed by atoms with Gasteiger partial charge in [0.2, 0.25) is 5.95 Å². The van der Waals surface area contributed by atoms with Crippen LogP contribution in [0, 0.1) is 0 Å². The lowest BCUT2D eigenvalue weighted by atomic mass is 9.95. The molecule has 1 saturated carbocycles. The number of nitrogens with one attached hydrogen (secondary N) is 2. The van der Waals surface area contributed by atoms with Crippen molar-refractivity contribution >= 4 is 39.5 Å². The van der Waals surface area contributed by atoms with Gasteiger partial charge in [0.15, 0.2) is 0 Å². The molecule has 0 aromatic carbocycles. The number of aromatic nitrogens is 2. The molecule has 1 aromatic rings. The molecule has 112 valence electrons. The summed E-state index contributed by atoms with van der Waals surface area (Å²) in [6, 6.07) is 0.520. The average molecular weight is 359 g/mol. The van der Waals surface area contributed by atoms with E-state index in [4.69, 9.17) is 0 Å². The van der Waals surface area contributed by atoms with Crippen molar-refractivity contribution in [1.82, 2.24) is 9.97 Å². The monoisotopic (exact) mass is 358 g/mol. The molecule has 1 fully saturated rings. The molecule has 2 unspecified atom stereocenters. The minimum atomic E-state index is 0.520. The van der Waals surface area contributed by atoms with Crippen LogP contribution in [0.5, 0.6) is 0 Å². The molecule has 0 saturated heterocycles. The Bertz CT molecular complexity index is 430. The molecule has 4 nitrogen and oxygen atoms in total. The Morgan fingerprint density at radius 2 is 2.30 bits per heavy atom. The Morgan fingerprint density at radius 3 is 3.05 bits per heavy atom. The van der Waals surface area contributed by atoms with Crippen molar-refractivity contribution in [1.29, 1.82) is 0 Å². The third-order valence-corrected chi connectivity index (χ3v) is 5.25. The molecule has 20 heavy (non-hydrogen) atoms. The van der Waals surface area contributed by atoms with Crippen molar-refractivity contribution in [3.8, 4) is 0 Å². The lowest BCUT2D eigenvalue weighted by molar-refractivity contribution is 0.472. The van der Waals surface area contributed by atoms with Gasteiger partial charge >= 0.3 is 0 Å². The Labute approximate surface area is 134 Å². The maximum atomic E-state index is 4.57. The third kappa shape index (κ3) is 4.52. The van der Waals surface area contributed by atoms with Gasteiger partial charge in [-0.3, -0.25) is 0 Å². The molecule has 6 heteroatoms. The van der Waals surface area contributed by atoms with E-state index < -0.39 is 0 Å². The van der Waals surface area contributed by atoms with Crippen LogP contribution < -0.4 is 10.6 Å². The first kappa shape index (κ1) is 15.9. The number of thioether (sulfide) groups is 1. The quantitative estimate of drug-likeness (QED) is 0.799. The van der Waals surface area contributed by atoms with Gasteiger partial charge in [-0.2, -0.15) is 16.7 Å². The lowest BCUT2D eigenvalue weighted by Crippen LogP contribution is -2.29. The zero-order valence-electron chi connectivity index (χ0n) is 12.2. The van der Waals surface area contributed by atoms with Gasteiger partial charge < -0.3 is 10.6 Å². The van der Waals surface area contributed by atoms with E-state index in [1.807, 2.05) is 18.0 Å². The second-order valence-corrected chi connectivity index (χ2v) is 7.17. The fourth-order valence-corrected chi connectivity index (χ4v) is 3.61. The summed E-state index contributed by atoms with van der Waals surface area (Å²) < 4.78 is 0.936. The van der Waals surface area contributed by atoms with E-state index in [9.17, 15) is 0 Å². The lowest BCUT2D eigenvalue weighted by Gasteiger charge is -2.29. The number of anilines is 2. The number of nitrogens with zero attached hydrogens (tertiary/aromatic N) is 2. The van der Waals surface area contributed by atoms with Gasteiger partial charge in [0.1, 0.15) is 5.82 Å². The molecular weight excluding hydrogens is 336 g/mol. The predicted octanol–water partition coefficient (Wildman–Crippen LogP) is 4.15. The number of hydrogen-bond donors (Lipinski definition) is 2.